The second-order valence-corrected chi connectivity index (χ2v) is 12.0. The summed E-state index contributed by atoms with van der Waals surface area (Å²) in [6, 6.07) is 0. The van der Waals surface area contributed by atoms with Crippen LogP contribution >= 0.6 is 0 Å². The lowest BCUT2D eigenvalue weighted by Gasteiger charge is -2.55. The number of epoxide rings is 1. The average molecular weight is 409 g/mol. The van der Waals surface area contributed by atoms with Crippen LogP contribution in [0.1, 0.15) is 67.2 Å². The Kier molecular flexibility index (Phi) is 4.79. The highest BCUT2D eigenvalue weighted by molar-refractivity contribution is 5.98. The number of hydrogen-bond donors (Lipinski definition) is 0. The van der Waals surface area contributed by atoms with Crippen molar-refractivity contribution in [1.82, 2.24) is 0 Å². The van der Waals surface area contributed by atoms with Gasteiger partial charge in [0.25, 0.3) is 0 Å². The van der Waals surface area contributed by atoms with E-state index in [1.165, 1.54) is 31.3 Å². The number of carbonyl (C=O) groups is 1. The van der Waals surface area contributed by atoms with E-state index in [-0.39, 0.29) is 23.4 Å². The Morgan fingerprint density at radius 1 is 1.07 bits per heavy atom. The lowest BCUT2D eigenvalue weighted by molar-refractivity contribution is -0.116. The fraction of sp³-hybridized carbons (Fsp3) is 0.750. The molecule has 0 unspecified atom stereocenters. The van der Waals surface area contributed by atoms with Crippen LogP contribution in [-0.4, -0.2) is 18.0 Å². The number of fused-ring (bicyclic) bond motifs is 7. The predicted octanol–water partition coefficient (Wildman–Crippen LogP) is 6.38. The molecule has 5 rings (SSSR count). The van der Waals surface area contributed by atoms with E-state index < -0.39 is 0 Å². The van der Waals surface area contributed by atoms with E-state index in [1.807, 2.05) is 6.08 Å². The molecule has 2 heteroatoms. The van der Waals surface area contributed by atoms with Crippen molar-refractivity contribution in [1.29, 1.82) is 0 Å². The molecule has 164 valence electrons. The van der Waals surface area contributed by atoms with Crippen LogP contribution in [0, 0.1) is 52.3 Å². The maximum atomic E-state index is 12.3. The molecule has 2 nitrogen and oxygen atoms in total. The molecule has 1 aliphatic heterocycles. The van der Waals surface area contributed by atoms with Gasteiger partial charge in [-0.05, 0) is 84.2 Å². The molecule has 0 aromatic rings. The predicted molar refractivity (Wildman–Crippen MR) is 122 cm³/mol. The van der Waals surface area contributed by atoms with Gasteiger partial charge >= 0.3 is 0 Å². The van der Waals surface area contributed by atoms with Crippen LogP contribution in [0.4, 0.5) is 0 Å². The molecule has 1 saturated heterocycles. The highest BCUT2D eigenvalue weighted by Crippen LogP contribution is 2.67. The van der Waals surface area contributed by atoms with Crippen molar-refractivity contribution in [2.75, 3.05) is 0 Å². The third-order valence-corrected chi connectivity index (χ3v) is 10.4. The van der Waals surface area contributed by atoms with Gasteiger partial charge in [0, 0.05) is 5.41 Å². The first kappa shape index (κ1) is 20.7. The summed E-state index contributed by atoms with van der Waals surface area (Å²) in [5, 5.41) is 0. The van der Waals surface area contributed by atoms with Gasteiger partial charge in [-0.3, -0.25) is 4.79 Å². The molecule has 0 amide bonds. The largest absolute Gasteiger partial charge is 0.360 e. The third kappa shape index (κ3) is 2.81. The minimum absolute atomic E-state index is 0.0373. The molecule has 10 atom stereocenters. The van der Waals surface area contributed by atoms with E-state index >= 15 is 0 Å². The molecule has 3 fully saturated rings. The van der Waals surface area contributed by atoms with Gasteiger partial charge in [0.05, 0.1) is 0 Å². The lowest BCUT2D eigenvalue weighted by atomic mass is 9.48. The molecule has 5 aliphatic rings. The summed E-state index contributed by atoms with van der Waals surface area (Å²) in [4.78, 5) is 12.3. The molecule has 0 spiro atoms. The molecule has 0 bridgehead atoms. The lowest BCUT2D eigenvalue weighted by Crippen LogP contribution is -2.51. The first-order valence-electron chi connectivity index (χ1n) is 12.5. The zero-order chi connectivity index (χ0) is 21.4. The molecular weight excluding hydrogens is 368 g/mol. The fourth-order valence-corrected chi connectivity index (χ4v) is 7.98. The van der Waals surface area contributed by atoms with Crippen molar-refractivity contribution in [3.63, 3.8) is 0 Å². The number of ether oxygens (including phenoxy) is 1. The second-order valence-electron chi connectivity index (χ2n) is 12.0. The number of allylic oxidation sites excluding steroid dienone is 4. The van der Waals surface area contributed by atoms with Crippen LogP contribution in [0.25, 0.3) is 0 Å². The summed E-state index contributed by atoms with van der Waals surface area (Å²) in [6.07, 6.45) is 17.0. The van der Waals surface area contributed by atoms with Gasteiger partial charge < -0.3 is 4.74 Å². The number of carbonyl (C=O) groups excluding carboxylic acids is 1. The van der Waals surface area contributed by atoms with Gasteiger partial charge in [-0.25, -0.2) is 0 Å². The van der Waals surface area contributed by atoms with Crippen molar-refractivity contribution in [2.45, 2.75) is 79.4 Å². The summed E-state index contributed by atoms with van der Waals surface area (Å²) in [5.41, 5.74) is 1.71. The first-order valence-corrected chi connectivity index (χ1v) is 12.5. The number of ketones is 1. The molecule has 1 heterocycles. The van der Waals surface area contributed by atoms with Crippen molar-refractivity contribution in [2.24, 2.45) is 52.3 Å². The Bertz CT molecular complexity index is 818. The molecule has 0 N–H and O–H groups in total. The highest BCUT2D eigenvalue weighted by atomic mass is 16.6. The molecule has 0 aromatic heterocycles. The Hall–Kier alpha value is -1.15. The summed E-state index contributed by atoms with van der Waals surface area (Å²) >= 11 is 0. The van der Waals surface area contributed by atoms with Gasteiger partial charge in [-0.1, -0.05) is 65.8 Å². The number of rotatable bonds is 4. The van der Waals surface area contributed by atoms with E-state index in [0.717, 1.165) is 11.8 Å². The third-order valence-electron chi connectivity index (χ3n) is 10.4. The van der Waals surface area contributed by atoms with Crippen LogP contribution in [0.5, 0.6) is 0 Å². The summed E-state index contributed by atoms with van der Waals surface area (Å²) < 4.78 is 5.94. The highest BCUT2D eigenvalue weighted by Gasteiger charge is 2.66. The molecule has 4 aliphatic carbocycles. The van der Waals surface area contributed by atoms with Crippen LogP contribution in [0.2, 0.25) is 0 Å². The summed E-state index contributed by atoms with van der Waals surface area (Å²) in [5.74, 6) is 5.02. The van der Waals surface area contributed by atoms with E-state index in [0.29, 0.717) is 35.0 Å². The first-order chi connectivity index (χ1) is 14.2. The van der Waals surface area contributed by atoms with Gasteiger partial charge in [-0.15, -0.1) is 0 Å². The van der Waals surface area contributed by atoms with E-state index in [1.54, 1.807) is 0 Å². The minimum atomic E-state index is -0.149. The van der Waals surface area contributed by atoms with Gasteiger partial charge in [0.15, 0.2) is 5.78 Å². The van der Waals surface area contributed by atoms with Crippen molar-refractivity contribution >= 4 is 5.78 Å². The SMILES string of the molecule is CC(C)[C@@H](C)C=C[C@@H](C)[C@H]1CC[C@H]2[C@@H]3C=CC4=CC(=O)[C@@H]5O[C@@H]5[C@]4(C)[C@H]3CC[C@]12C. The maximum Gasteiger partial charge on any atom is 0.187 e. The molecule has 0 aromatic carbocycles. The molecule has 0 radical (unpaired) electrons. The van der Waals surface area contributed by atoms with Gasteiger partial charge in [0.2, 0.25) is 0 Å². The van der Waals surface area contributed by atoms with E-state index in [9.17, 15) is 4.79 Å². The van der Waals surface area contributed by atoms with Crippen LogP contribution in [0.15, 0.2) is 36.0 Å². The Morgan fingerprint density at radius 2 is 1.83 bits per heavy atom. The second kappa shape index (κ2) is 6.92. The van der Waals surface area contributed by atoms with Crippen LogP contribution in [-0.2, 0) is 9.53 Å². The van der Waals surface area contributed by atoms with Crippen molar-refractivity contribution < 1.29 is 9.53 Å². The Labute approximate surface area is 183 Å². The van der Waals surface area contributed by atoms with E-state index in [4.69, 9.17) is 4.74 Å². The molecular formula is C28H40O2. The normalized spacial score (nSPS) is 48.6. The van der Waals surface area contributed by atoms with Gasteiger partial charge in [0.1, 0.15) is 12.2 Å². The quantitative estimate of drug-likeness (QED) is 0.399. The number of hydrogen-bond acceptors (Lipinski definition) is 2. The monoisotopic (exact) mass is 408 g/mol. The van der Waals surface area contributed by atoms with Crippen molar-refractivity contribution in [3.8, 4) is 0 Å². The smallest absolute Gasteiger partial charge is 0.187 e. The molecule has 30 heavy (non-hydrogen) atoms. The van der Waals surface area contributed by atoms with Crippen molar-refractivity contribution in [3.05, 3.63) is 36.0 Å². The zero-order valence-electron chi connectivity index (χ0n) is 19.7. The Balaban J connectivity index is 1.40. The van der Waals surface area contributed by atoms with Crippen LogP contribution in [0.3, 0.4) is 0 Å². The van der Waals surface area contributed by atoms with Gasteiger partial charge in [-0.2, -0.15) is 0 Å². The summed E-state index contributed by atoms with van der Waals surface area (Å²) in [6.45, 7) is 14.4. The average Bonchev–Trinajstić information content (AvgIpc) is 3.44. The van der Waals surface area contributed by atoms with E-state index in [2.05, 4.69) is 65.8 Å². The molecule has 2 saturated carbocycles. The minimum Gasteiger partial charge on any atom is -0.360 e. The topological polar surface area (TPSA) is 29.6 Å². The fourth-order valence-electron chi connectivity index (χ4n) is 7.98. The zero-order valence-corrected chi connectivity index (χ0v) is 19.7. The van der Waals surface area contributed by atoms with Crippen LogP contribution < -0.4 is 0 Å². The standard InChI is InChI=1S/C28H40O2/c1-16(2)17(3)7-8-18(4)21-11-12-22-20-10-9-19-15-24(29)25-26(30-25)28(19,6)23(20)13-14-27(21,22)5/h7-10,15-18,20-23,25-26H,11-14H2,1-6H3/t17-,18+,20-,21+,22-,23-,25-,26-,27+,28-/m0/s1. The summed E-state index contributed by atoms with van der Waals surface area (Å²) in [7, 11) is 0. The maximum absolute atomic E-state index is 12.3. The Morgan fingerprint density at radius 3 is 2.57 bits per heavy atom.